The fourth-order valence-electron chi connectivity index (χ4n) is 4.81. The van der Waals surface area contributed by atoms with Crippen LogP contribution in [0.5, 0.6) is 0 Å². The van der Waals surface area contributed by atoms with E-state index in [-0.39, 0.29) is 49.0 Å². The van der Waals surface area contributed by atoms with E-state index in [0.29, 0.717) is 25.2 Å². The molecule has 1 N–H and O–H groups in total. The molecule has 0 aromatic heterocycles. The molecular formula is C63H125O10P. The van der Waals surface area contributed by atoms with Crippen molar-refractivity contribution in [3.05, 3.63) is 0 Å². The Morgan fingerprint density at radius 3 is 1.11 bits per heavy atom. The number of hydrogen-bond acceptors (Lipinski definition) is 9. The lowest BCUT2D eigenvalue weighted by Crippen LogP contribution is -2.30. The molecule has 442 valence electrons. The van der Waals surface area contributed by atoms with Crippen LogP contribution >= 0.6 is 7.60 Å². The molecule has 0 amide bonds. The van der Waals surface area contributed by atoms with E-state index in [4.69, 9.17) is 28.2 Å². The molecule has 3 heterocycles. The van der Waals surface area contributed by atoms with E-state index in [1.54, 1.807) is 13.8 Å². The lowest BCUT2D eigenvalue weighted by Gasteiger charge is -2.25. The van der Waals surface area contributed by atoms with Gasteiger partial charge in [0.05, 0.1) is 31.1 Å². The summed E-state index contributed by atoms with van der Waals surface area (Å²) in [6, 6.07) is 0. The molecule has 3 aliphatic rings. The summed E-state index contributed by atoms with van der Waals surface area (Å²) < 4.78 is 44.0. The second kappa shape index (κ2) is 55.9. The van der Waals surface area contributed by atoms with Crippen molar-refractivity contribution in [3.8, 4) is 189 Å². The Balaban J connectivity index is -0.0000000287. The molecule has 0 saturated carbocycles. The summed E-state index contributed by atoms with van der Waals surface area (Å²) in [6.45, 7) is 20.9. The number of rotatable bonds is 8. The quantitative estimate of drug-likeness (QED) is 0.109. The third-order valence-electron chi connectivity index (χ3n) is 7.86. The van der Waals surface area contributed by atoms with Gasteiger partial charge in [0, 0.05) is 74.5 Å². The van der Waals surface area contributed by atoms with Crippen LogP contribution in [0.4, 0.5) is 0 Å². The van der Waals surface area contributed by atoms with E-state index in [9.17, 15) is 19.0 Å². The Morgan fingerprint density at radius 2 is 0.811 bits per heavy atom. The Bertz CT molecular complexity index is 2900. The van der Waals surface area contributed by atoms with Gasteiger partial charge in [0.2, 0.25) is 0 Å². The predicted octanol–water partition coefficient (Wildman–Crippen LogP) is 14.9. The van der Waals surface area contributed by atoms with Crippen molar-refractivity contribution in [2.45, 2.75) is 151 Å². The van der Waals surface area contributed by atoms with E-state index in [2.05, 4.69) is 203 Å². The molecule has 0 aromatic carbocycles. The monoisotopic (exact) mass is 1070 g/mol. The van der Waals surface area contributed by atoms with Crippen molar-refractivity contribution < 1.29 is 90.1 Å². The average Bonchev–Trinajstić information content (AvgIpc) is 3.42. The molecule has 10 nitrogen and oxygen atoms in total. The van der Waals surface area contributed by atoms with Crippen LogP contribution in [0.15, 0.2) is 0 Å². The summed E-state index contributed by atoms with van der Waals surface area (Å²) in [5, 5.41) is 0. The summed E-state index contributed by atoms with van der Waals surface area (Å²) in [5.74, 6) is 75.4. The van der Waals surface area contributed by atoms with Crippen LogP contribution in [0.25, 0.3) is 0 Å². The molecule has 0 radical (unpaired) electrons. The zero-order chi connectivity index (χ0) is 55.4. The van der Waals surface area contributed by atoms with E-state index in [1.807, 2.05) is 41.5 Å². The van der Waals surface area contributed by atoms with Gasteiger partial charge in [-0.2, -0.15) is 0 Å². The van der Waals surface area contributed by atoms with Crippen molar-refractivity contribution in [1.82, 2.24) is 0 Å². The van der Waals surface area contributed by atoms with Crippen molar-refractivity contribution in [1.29, 1.82) is 0 Å². The third-order valence-corrected chi connectivity index (χ3v) is 9.28. The van der Waals surface area contributed by atoms with Crippen LogP contribution in [-0.4, -0.2) is 80.4 Å². The lowest BCUT2D eigenvalue weighted by molar-refractivity contribution is -0.153. The molecule has 3 fully saturated rings. The maximum Gasteiger partial charge on any atom is 0.385 e. The first-order valence-corrected chi connectivity index (χ1v) is 26.0. The normalized spacial score (nSPS) is 14.9. The van der Waals surface area contributed by atoms with Gasteiger partial charge < -0.3 is 33.1 Å². The van der Waals surface area contributed by atoms with Crippen molar-refractivity contribution in [3.63, 3.8) is 0 Å². The molecular weight excluding hydrogens is 948 g/mol. The summed E-state index contributed by atoms with van der Waals surface area (Å²) in [4.78, 5) is 34.7. The summed E-state index contributed by atoms with van der Waals surface area (Å²) in [7, 11) is -4.16. The SMILES string of the molecule is CC.CC.CC.CC#CC#CC#CC#CC#CC#CC#CC#CC(=O)OCC(COP(=O)(O)CC1CCCCO1)OC(=O)C#CC#CC#CC#CC#CC#CC#CC#CC.CC1CCCCO1.C[C@@H]1CCCCO1.[HH].[HH].[HH].[HH].[HH].[HH].[HH].[HH].[HH].[HH].[HH].[HH].[HH].[HH].[HH].[HH].[HH].[HH].[HH].[HH].[HH].[HH].[HH].[HH].[HH].[HH].[HH].[HH].[HH].[HH]. The average molecular weight is 1070 g/mol. The highest BCUT2D eigenvalue weighted by Crippen LogP contribution is 2.44. The van der Waals surface area contributed by atoms with Gasteiger partial charge >= 0.3 is 19.5 Å². The second-order valence-electron chi connectivity index (χ2n) is 13.3. The van der Waals surface area contributed by atoms with Gasteiger partial charge in [-0.1, -0.05) is 53.4 Å². The third kappa shape index (κ3) is 51.8. The van der Waals surface area contributed by atoms with Crippen molar-refractivity contribution >= 4 is 19.5 Å². The maximum atomic E-state index is 12.6. The van der Waals surface area contributed by atoms with Gasteiger partial charge in [0.25, 0.3) is 0 Å². The minimum atomic E-state index is -4.16. The number of carbonyl (C=O) groups is 2. The molecule has 3 saturated heterocycles. The molecule has 0 bridgehead atoms. The van der Waals surface area contributed by atoms with E-state index >= 15 is 0 Å². The highest BCUT2D eigenvalue weighted by molar-refractivity contribution is 7.52. The smallest absolute Gasteiger partial charge is 0.385 e. The van der Waals surface area contributed by atoms with Gasteiger partial charge in [0.15, 0.2) is 6.10 Å². The van der Waals surface area contributed by atoms with Crippen LogP contribution < -0.4 is 0 Å². The zero-order valence-electron chi connectivity index (χ0n) is 44.5. The summed E-state index contributed by atoms with van der Waals surface area (Å²) >= 11 is 0. The van der Waals surface area contributed by atoms with Crippen LogP contribution in [0.1, 0.15) is 170 Å². The summed E-state index contributed by atoms with van der Waals surface area (Å²) in [5.41, 5.74) is 0. The fraction of sp³-hybridized carbons (Fsp3) is 0.460. The summed E-state index contributed by atoms with van der Waals surface area (Å²) in [6.07, 6.45) is 9.13. The Morgan fingerprint density at radius 1 is 0.486 bits per heavy atom. The molecule has 11 heteroatoms. The number of hydrogen-bond donors (Lipinski definition) is 1. The predicted molar refractivity (Wildman–Crippen MR) is 357 cm³/mol. The van der Waals surface area contributed by atoms with Crippen LogP contribution in [0, 0.1) is 189 Å². The van der Waals surface area contributed by atoms with Crippen molar-refractivity contribution in [2.75, 3.05) is 39.2 Å². The topological polar surface area (TPSA) is 127 Å². The van der Waals surface area contributed by atoms with E-state index in [1.165, 1.54) is 38.5 Å². The van der Waals surface area contributed by atoms with Gasteiger partial charge in [-0.3, -0.25) is 4.57 Å². The van der Waals surface area contributed by atoms with Crippen LogP contribution in [0.2, 0.25) is 0 Å². The standard InChI is InChI=1S/C45H23O8P.2C6H12O.3C2H6.30H2/c1-3-5-7-9-11-13-15-17-19-21-23-25-27-29-31-36-44(46)51-39-43(40-52-54(48,49)41-42-35-33-34-38-50-42)53-45(47)37-32-30-28-26-24-22-20-18-16-14-12-10-8-6-4-2;2*1-6-4-2-3-5-7-6;3*1-2;;;;;;;;;;;;;;;;;;;;;;;;;;;;;;/h42-43H,33-35,38-41H2,1-2H3,(H,48,49);2*6H,2-5H2,1H3;3*1-2H3;30*1H/t;6-;;;;;;;;;;;;;;;;;;;;;;;;;;;;;;;;;;/m.1................................../s1. The molecule has 5 atom stereocenters. The largest absolute Gasteiger partial charge is 0.452 e. The Hall–Kier alpha value is -8.07. The molecule has 0 aliphatic carbocycles. The number of ether oxygens (including phenoxy) is 5. The maximum absolute atomic E-state index is 12.6. The molecule has 74 heavy (non-hydrogen) atoms. The lowest BCUT2D eigenvalue weighted by atomic mass is 10.1. The van der Waals surface area contributed by atoms with Crippen LogP contribution in [0.3, 0.4) is 0 Å². The number of carbonyl (C=O) groups excluding carboxylic acids is 2. The Labute approximate surface area is 489 Å². The number of esters is 2. The van der Waals surface area contributed by atoms with Gasteiger partial charge in [-0.25, -0.2) is 9.59 Å². The first kappa shape index (κ1) is 70.2. The fourth-order valence-corrected chi connectivity index (χ4v) is 6.11. The molecule has 0 spiro atoms. The van der Waals surface area contributed by atoms with Gasteiger partial charge in [-0.05, 0) is 251 Å². The van der Waals surface area contributed by atoms with E-state index < -0.39 is 45.0 Å². The first-order chi connectivity index (χ1) is 36.1. The molecule has 3 rings (SSSR count). The molecule has 4 unspecified atom stereocenters. The Kier molecular flexibility index (Phi) is 53.0. The highest BCUT2D eigenvalue weighted by atomic mass is 31.2. The van der Waals surface area contributed by atoms with Crippen molar-refractivity contribution in [2.24, 2.45) is 0 Å². The molecule has 3 aliphatic heterocycles. The minimum absolute atomic E-state index is 0. The van der Waals surface area contributed by atoms with E-state index in [0.717, 1.165) is 26.1 Å². The molecule has 0 aromatic rings. The van der Waals surface area contributed by atoms with Gasteiger partial charge in [-0.15, -0.1) is 0 Å². The van der Waals surface area contributed by atoms with Gasteiger partial charge in [0.1, 0.15) is 6.61 Å². The second-order valence-corrected chi connectivity index (χ2v) is 15.2. The van der Waals surface area contributed by atoms with Crippen LogP contribution in [-0.2, 0) is 42.4 Å². The first-order valence-electron chi connectivity index (χ1n) is 24.2. The highest BCUT2D eigenvalue weighted by Gasteiger charge is 2.29. The minimum Gasteiger partial charge on any atom is -0.452 e. The zero-order valence-corrected chi connectivity index (χ0v) is 45.4.